The van der Waals surface area contributed by atoms with E-state index in [4.69, 9.17) is 0 Å². The Bertz CT molecular complexity index is 675. The van der Waals surface area contributed by atoms with Gasteiger partial charge in [0, 0.05) is 0 Å². The Morgan fingerprint density at radius 1 is 0.524 bits per heavy atom. The van der Waals surface area contributed by atoms with Crippen molar-refractivity contribution in [3.05, 3.63) is 18.2 Å². The van der Waals surface area contributed by atoms with Crippen LogP contribution in [0.25, 0.3) is 0 Å². The molecule has 0 radical (unpaired) electrons. The predicted octanol–water partition coefficient (Wildman–Crippen LogP) is -10.6. The fraction of sp³-hybridized carbons (Fsp3) is 0. The van der Waals surface area contributed by atoms with E-state index in [-0.39, 0.29) is 172 Å². The molecule has 0 aliphatic carbocycles. The second-order valence-electron chi connectivity index (χ2n) is 3.00. The Hall–Kier alpha value is 3.86. The van der Waals surface area contributed by atoms with Gasteiger partial charge in [-0.05, 0) is 18.2 Å². The van der Waals surface area contributed by atoms with Gasteiger partial charge >= 0.3 is 154 Å². The van der Waals surface area contributed by atoms with Gasteiger partial charge in [0.05, 0.1) is 14.7 Å². The summed E-state index contributed by atoms with van der Waals surface area (Å²) >= 11 is 0. The average Bonchev–Trinajstić information content (AvgIpc) is 2.13. The summed E-state index contributed by atoms with van der Waals surface area (Å²) < 4.78 is 95.8. The minimum absolute atomic E-state index is 0. The topological polar surface area (TPSA) is 172 Å². The van der Waals surface area contributed by atoms with Gasteiger partial charge in [-0.25, -0.2) is 25.3 Å². The zero-order valence-corrected chi connectivity index (χ0v) is 22.9. The van der Waals surface area contributed by atoms with Crippen LogP contribution in [-0.2, 0) is 30.4 Å². The van der Waals surface area contributed by atoms with E-state index in [9.17, 15) is 38.9 Å². The van der Waals surface area contributed by atoms with Crippen LogP contribution in [0, 0.1) is 0 Å². The van der Waals surface area contributed by atoms with Crippen molar-refractivity contribution in [3.63, 3.8) is 0 Å². The maximum absolute atomic E-state index is 10.6. The Morgan fingerprint density at radius 3 is 0.762 bits per heavy atom. The molecule has 0 atom stereocenters. The van der Waals surface area contributed by atoms with Crippen molar-refractivity contribution in [2.75, 3.05) is 0 Å². The average molecular weight is 433 g/mol. The molecule has 0 saturated carbocycles. The molecule has 21 heavy (non-hydrogen) atoms. The Morgan fingerprint density at radius 2 is 0.667 bits per heavy atom. The van der Waals surface area contributed by atoms with Crippen LogP contribution in [0.4, 0.5) is 0 Å². The molecule has 1 aromatic rings. The minimum atomic E-state index is -5.23. The summed E-state index contributed by atoms with van der Waals surface area (Å²) in [7, 11) is -15.7. The molecule has 0 aliphatic rings. The van der Waals surface area contributed by atoms with E-state index in [1.165, 1.54) is 0 Å². The molecule has 0 fully saturated rings. The van der Waals surface area contributed by atoms with Crippen molar-refractivity contribution in [2.24, 2.45) is 0 Å². The molecule has 0 unspecified atom stereocenters. The van der Waals surface area contributed by atoms with Gasteiger partial charge < -0.3 is 13.7 Å². The van der Waals surface area contributed by atoms with Crippen LogP contribution in [-0.4, -0.2) is 38.9 Å². The van der Waals surface area contributed by atoms with Gasteiger partial charge in [0.1, 0.15) is 30.4 Å². The molecule has 0 saturated heterocycles. The van der Waals surface area contributed by atoms with E-state index < -0.39 is 45.0 Å². The van der Waals surface area contributed by atoms with Crippen LogP contribution in [0.1, 0.15) is 0 Å². The maximum Gasteiger partial charge on any atom is 1.00 e. The van der Waals surface area contributed by atoms with Crippen LogP contribution in [0.3, 0.4) is 0 Å². The van der Waals surface area contributed by atoms with Gasteiger partial charge in [0.15, 0.2) is 0 Å². The molecule has 0 bridgehead atoms. The number of benzene rings is 1. The van der Waals surface area contributed by atoms with Gasteiger partial charge in [0.2, 0.25) is 0 Å². The molecular weight excluding hydrogens is 430 g/mol. The van der Waals surface area contributed by atoms with Crippen molar-refractivity contribution in [1.29, 1.82) is 0 Å². The van der Waals surface area contributed by atoms with E-state index in [0.29, 0.717) is 0 Å². The first-order chi connectivity index (χ1) is 7.82. The van der Waals surface area contributed by atoms with Crippen LogP contribution in [0.15, 0.2) is 32.9 Å². The fourth-order valence-electron chi connectivity index (χ4n) is 0.979. The quantitative estimate of drug-likeness (QED) is 0.332. The molecule has 0 aliphatic heterocycles. The molecule has 0 heterocycles. The third kappa shape index (κ3) is 9.94. The van der Waals surface area contributed by atoms with Crippen molar-refractivity contribution in [3.8, 4) is 0 Å². The molecular formula is C6H3K3O9S3. The normalized spacial score (nSPS) is 11.6. The first-order valence-electron chi connectivity index (χ1n) is 3.84. The van der Waals surface area contributed by atoms with E-state index in [1.807, 2.05) is 0 Å². The van der Waals surface area contributed by atoms with Gasteiger partial charge in [-0.1, -0.05) is 0 Å². The SMILES string of the molecule is O=S(=O)([O-])c1cc(S(=O)(=O)[O-])cc(S(=O)(=O)[O-])c1.[K+].[K+].[K+]. The van der Waals surface area contributed by atoms with E-state index >= 15 is 0 Å². The summed E-state index contributed by atoms with van der Waals surface area (Å²) in [6.45, 7) is 0. The molecule has 1 aromatic carbocycles. The molecule has 1 rings (SSSR count). The van der Waals surface area contributed by atoms with Gasteiger partial charge in [-0.15, -0.1) is 0 Å². The number of hydrogen-bond acceptors (Lipinski definition) is 9. The Balaban J connectivity index is -0.00000108. The largest absolute Gasteiger partial charge is 1.00 e. The summed E-state index contributed by atoms with van der Waals surface area (Å²) in [5.41, 5.74) is 0. The van der Waals surface area contributed by atoms with Gasteiger partial charge in [-0.2, -0.15) is 0 Å². The van der Waals surface area contributed by atoms with Gasteiger partial charge in [0.25, 0.3) is 0 Å². The van der Waals surface area contributed by atoms with Crippen LogP contribution >= 0.6 is 0 Å². The Kier molecular flexibility index (Phi) is 15.3. The minimum Gasteiger partial charge on any atom is -0.744 e. The first kappa shape index (κ1) is 29.6. The summed E-state index contributed by atoms with van der Waals surface area (Å²) in [6.07, 6.45) is 0. The summed E-state index contributed by atoms with van der Waals surface area (Å²) in [6, 6.07) is 0.540. The van der Waals surface area contributed by atoms with E-state index in [0.717, 1.165) is 0 Å². The first-order valence-corrected chi connectivity index (χ1v) is 8.07. The second-order valence-corrected chi connectivity index (χ2v) is 7.14. The van der Waals surface area contributed by atoms with Crippen LogP contribution in [0.5, 0.6) is 0 Å². The third-order valence-electron chi connectivity index (χ3n) is 1.72. The fourth-order valence-corrected chi connectivity index (χ4v) is 2.83. The monoisotopic (exact) mass is 432 g/mol. The summed E-state index contributed by atoms with van der Waals surface area (Å²) in [4.78, 5) is -3.89. The Labute approximate surface area is 249 Å². The van der Waals surface area contributed by atoms with Crippen molar-refractivity contribution < 1.29 is 193 Å². The number of rotatable bonds is 3. The van der Waals surface area contributed by atoms with Crippen molar-refractivity contribution in [2.45, 2.75) is 14.7 Å². The zero-order chi connectivity index (χ0) is 14.4. The second kappa shape index (κ2) is 10.9. The maximum atomic E-state index is 10.6. The smallest absolute Gasteiger partial charge is 0.744 e. The van der Waals surface area contributed by atoms with Gasteiger partial charge in [-0.3, -0.25) is 0 Å². The predicted molar refractivity (Wildman–Crippen MR) is 50.3 cm³/mol. The number of hydrogen-bond donors (Lipinski definition) is 0. The molecule has 15 heteroatoms. The van der Waals surface area contributed by atoms with Crippen LogP contribution < -0.4 is 154 Å². The molecule has 102 valence electrons. The molecule has 9 nitrogen and oxygen atoms in total. The molecule has 0 N–H and O–H groups in total. The van der Waals surface area contributed by atoms with E-state index in [2.05, 4.69) is 0 Å². The van der Waals surface area contributed by atoms with Crippen LogP contribution in [0.2, 0.25) is 0 Å². The van der Waals surface area contributed by atoms with Crippen molar-refractivity contribution in [1.82, 2.24) is 0 Å². The van der Waals surface area contributed by atoms with E-state index in [1.54, 1.807) is 0 Å². The zero-order valence-electron chi connectivity index (χ0n) is 11.1. The third-order valence-corrected chi connectivity index (χ3v) is 4.16. The molecule has 0 aromatic heterocycles. The summed E-state index contributed by atoms with van der Waals surface area (Å²) in [5.74, 6) is 0. The summed E-state index contributed by atoms with van der Waals surface area (Å²) in [5, 5.41) is 0. The van der Waals surface area contributed by atoms with Crippen molar-refractivity contribution >= 4 is 30.4 Å². The molecule has 0 spiro atoms. The molecule has 0 amide bonds. The standard InChI is InChI=1S/C6H6O9S3.3K/c7-16(8,9)4-1-5(17(10,11)12)3-6(2-4)18(13,14)15;;;/h1-3H,(H,7,8,9)(H,10,11,12)(H,13,14,15);;;/q;3*+1/p-3.